The van der Waals surface area contributed by atoms with Gasteiger partial charge in [0.05, 0.1) is 4.90 Å². The van der Waals surface area contributed by atoms with Crippen LogP contribution >= 0.6 is 12.4 Å². The van der Waals surface area contributed by atoms with Gasteiger partial charge in [-0.05, 0) is 50.4 Å². The molecule has 7 nitrogen and oxygen atoms in total. The molecule has 3 rings (SSSR count). The SMILES string of the molecule is CNCC1CCN(C(=O)C(CC(C)C)N=C2NS(=O)(=O)c3ccccc32)C1.Cl. The molecular formula is C19H29ClN4O3S. The van der Waals surface area contributed by atoms with Crippen molar-refractivity contribution in [3.8, 4) is 0 Å². The number of nitrogens with zero attached hydrogens (tertiary/aromatic N) is 2. The van der Waals surface area contributed by atoms with Gasteiger partial charge in [0.1, 0.15) is 11.9 Å². The zero-order valence-electron chi connectivity index (χ0n) is 16.5. The Morgan fingerprint density at radius 1 is 1.36 bits per heavy atom. The van der Waals surface area contributed by atoms with Crippen LogP contribution in [0.4, 0.5) is 0 Å². The molecule has 1 amide bonds. The molecule has 0 spiro atoms. The highest BCUT2D eigenvalue weighted by Crippen LogP contribution is 2.25. The fourth-order valence-electron chi connectivity index (χ4n) is 3.74. The molecule has 0 aromatic heterocycles. The van der Waals surface area contributed by atoms with Crippen LogP contribution in [-0.2, 0) is 14.8 Å². The molecule has 0 aliphatic carbocycles. The van der Waals surface area contributed by atoms with E-state index in [1.807, 2.05) is 25.8 Å². The average molecular weight is 429 g/mol. The van der Waals surface area contributed by atoms with Gasteiger partial charge in [0, 0.05) is 18.7 Å². The zero-order chi connectivity index (χ0) is 19.6. The number of nitrogens with one attached hydrogen (secondary N) is 2. The molecule has 0 radical (unpaired) electrons. The molecule has 1 aromatic carbocycles. The number of rotatable bonds is 6. The molecule has 156 valence electrons. The number of aliphatic imine (C=N–C) groups is 1. The van der Waals surface area contributed by atoms with Gasteiger partial charge in [-0.1, -0.05) is 26.0 Å². The van der Waals surface area contributed by atoms with E-state index in [-0.39, 0.29) is 35.0 Å². The Bertz CT molecular complexity index is 841. The Labute approximate surface area is 173 Å². The summed E-state index contributed by atoms with van der Waals surface area (Å²) in [5.74, 6) is 0.984. The largest absolute Gasteiger partial charge is 0.341 e. The Morgan fingerprint density at radius 2 is 2.07 bits per heavy atom. The standard InChI is InChI=1S/C19H28N4O3S.ClH/c1-13(2)10-16(19(24)23-9-8-14(12-23)11-20-3)21-18-15-6-4-5-7-17(15)27(25,26)22-18;/h4-7,13-14,16,20H,8-12H2,1-3H3,(H,21,22);1H. The van der Waals surface area contributed by atoms with E-state index in [1.54, 1.807) is 24.3 Å². The van der Waals surface area contributed by atoms with Crippen LogP contribution in [0.25, 0.3) is 0 Å². The highest BCUT2D eigenvalue weighted by atomic mass is 35.5. The summed E-state index contributed by atoms with van der Waals surface area (Å²) in [6.07, 6.45) is 1.56. The van der Waals surface area contributed by atoms with Gasteiger partial charge >= 0.3 is 0 Å². The Kier molecular flexibility index (Phi) is 7.47. The Balaban J connectivity index is 0.00000280. The van der Waals surface area contributed by atoms with Crippen molar-refractivity contribution in [2.24, 2.45) is 16.8 Å². The monoisotopic (exact) mass is 428 g/mol. The fraction of sp³-hybridized carbons (Fsp3) is 0.579. The molecule has 0 saturated carbocycles. The number of hydrogen-bond acceptors (Lipinski definition) is 5. The van der Waals surface area contributed by atoms with E-state index in [1.165, 1.54) is 0 Å². The highest BCUT2D eigenvalue weighted by molar-refractivity contribution is 7.90. The molecule has 2 unspecified atom stereocenters. The maximum atomic E-state index is 13.1. The van der Waals surface area contributed by atoms with Gasteiger partial charge in [0.25, 0.3) is 10.0 Å². The summed E-state index contributed by atoms with van der Waals surface area (Å²) in [5, 5.41) is 3.17. The van der Waals surface area contributed by atoms with Crippen LogP contribution in [0.2, 0.25) is 0 Å². The molecule has 2 aliphatic heterocycles. The zero-order valence-corrected chi connectivity index (χ0v) is 18.1. The number of likely N-dealkylation sites (tertiary alicyclic amines) is 1. The van der Waals surface area contributed by atoms with E-state index in [4.69, 9.17) is 0 Å². The van der Waals surface area contributed by atoms with Gasteiger partial charge in [0.15, 0.2) is 0 Å². The molecule has 0 bridgehead atoms. The number of sulfonamides is 1. The predicted molar refractivity (Wildman–Crippen MR) is 112 cm³/mol. The molecule has 2 aliphatic rings. The van der Waals surface area contributed by atoms with Crippen molar-refractivity contribution in [1.82, 2.24) is 14.9 Å². The second-order valence-corrected chi connectivity index (χ2v) is 9.37. The number of amidine groups is 1. The summed E-state index contributed by atoms with van der Waals surface area (Å²) in [7, 11) is -1.69. The van der Waals surface area contributed by atoms with Crippen LogP contribution in [0.1, 0.15) is 32.3 Å². The van der Waals surface area contributed by atoms with Crippen molar-refractivity contribution in [3.05, 3.63) is 29.8 Å². The lowest BCUT2D eigenvalue weighted by Gasteiger charge is -2.23. The van der Waals surface area contributed by atoms with Crippen molar-refractivity contribution < 1.29 is 13.2 Å². The number of benzene rings is 1. The van der Waals surface area contributed by atoms with Crippen LogP contribution in [0.3, 0.4) is 0 Å². The summed E-state index contributed by atoms with van der Waals surface area (Å²) in [4.78, 5) is 19.8. The van der Waals surface area contributed by atoms with Crippen LogP contribution in [0.15, 0.2) is 34.2 Å². The van der Waals surface area contributed by atoms with E-state index in [0.717, 1.165) is 26.1 Å². The van der Waals surface area contributed by atoms with Crippen molar-refractivity contribution in [1.29, 1.82) is 0 Å². The summed E-state index contributed by atoms with van der Waals surface area (Å²) in [5.41, 5.74) is 0.536. The quantitative estimate of drug-likeness (QED) is 0.720. The molecular weight excluding hydrogens is 400 g/mol. The molecule has 28 heavy (non-hydrogen) atoms. The lowest BCUT2D eigenvalue weighted by atomic mass is 10.0. The van der Waals surface area contributed by atoms with Crippen molar-refractivity contribution in [2.45, 2.75) is 37.6 Å². The minimum absolute atomic E-state index is 0. The maximum Gasteiger partial charge on any atom is 0.263 e. The summed E-state index contributed by atoms with van der Waals surface area (Å²) >= 11 is 0. The van der Waals surface area contributed by atoms with Gasteiger partial charge in [-0.15, -0.1) is 12.4 Å². The third kappa shape index (κ3) is 4.85. The summed E-state index contributed by atoms with van der Waals surface area (Å²) in [6, 6.07) is 6.16. The first-order chi connectivity index (χ1) is 12.8. The molecule has 2 heterocycles. The summed E-state index contributed by atoms with van der Waals surface area (Å²) in [6.45, 7) is 6.43. The lowest BCUT2D eigenvalue weighted by Crippen LogP contribution is -2.39. The second kappa shape index (κ2) is 9.24. The molecule has 1 aromatic rings. The third-order valence-electron chi connectivity index (χ3n) is 5.02. The molecule has 9 heteroatoms. The molecule has 2 atom stereocenters. The van der Waals surface area contributed by atoms with Crippen LogP contribution in [0.5, 0.6) is 0 Å². The van der Waals surface area contributed by atoms with Gasteiger partial charge < -0.3 is 10.2 Å². The van der Waals surface area contributed by atoms with Crippen molar-refractivity contribution >= 4 is 34.2 Å². The number of fused-ring (bicyclic) bond motifs is 1. The number of amides is 1. The van der Waals surface area contributed by atoms with E-state index >= 15 is 0 Å². The first kappa shape index (κ1) is 22.6. The summed E-state index contributed by atoms with van der Waals surface area (Å²) < 4.78 is 27.1. The van der Waals surface area contributed by atoms with Crippen LogP contribution in [0, 0.1) is 11.8 Å². The minimum Gasteiger partial charge on any atom is -0.341 e. The third-order valence-corrected chi connectivity index (χ3v) is 6.41. The van der Waals surface area contributed by atoms with Gasteiger partial charge in [-0.3, -0.25) is 14.5 Å². The minimum atomic E-state index is -3.60. The van der Waals surface area contributed by atoms with E-state index in [2.05, 4.69) is 15.0 Å². The van der Waals surface area contributed by atoms with E-state index < -0.39 is 16.1 Å². The van der Waals surface area contributed by atoms with Gasteiger partial charge in [0.2, 0.25) is 5.91 Å². The van der Waals surface area contributed by atoms with E-state index in [0.29, 0.717) is 17.9 Å². The molecule has 2 N–H and O–H groups in total. The number of halogens is 1. The van der Waals surface area contributed by atoms with Crippen LogP contribution < -0.4 is 10.0 Å². The number of carbonyl (C=O) groups excluding carboxylic acids is 1. The topological polar surface area (TPSA) is 90.9 Å². The van der Waals surface area contributed by atoms with Crippen molar-refractivity contribution in [2.75, 3.05) is 26.7 Å². The number of carbonyl (C=O) groups is 1. The smallest absolute Gasteiger partial charge is 0.263 e. The lowest BCUT2D eigenvalue weighted by molar-refractivity contribution is -0.131. The van der Waals surface area contributed by atoms with Gasteiger partial charge in [-0.2, -0.15) is 0 Å². The maximum absolute atomic E-state index is 13.1. The first-order valence-electron chi connectivity index (χ1n) is 9.45. The first-order valence-corrected chi connectivity index (χ1v) is 10.9. The van der Waals surface area contributed by atoms with E-state index in [9.17, 15) is 13.2 Å². The predicted octanol–water partition coefficient (Wildman–Crippen LogP) is 1.63. The second-order valence-electron chi connectivity index (χ2n) is 7.72. The Morgan fingerprint density at radius 3 is 2.75 bits per heavy atom. The van der Waals surface area contributed by atoms with Crippen molar-refractivity contribution in [3.63, 3.8) is 0 Å². The van der Waals surface area contributed by atoms with Gasteiger partial charge in [-0.25, -0.2) is 8.42 Å². The average Bonchev–Trinajstić information content (AvgIpc) is 3.17. The number of hydrogen-bond donors (Lipinski definition) is 2. The highest BCUT2D eigenvalue weighted by Gasteiger charge is 2.34. The molecule has 1 saturated heterocycles. The Hall–Kier alpha value is -1.64. The molecule has 1 fully saturated rings. The normalized spacial score (nSPS) is 22.6. The fourth-order valence-corrected chi connectivity index (χ4v) is 4.98. The van der Waals surface area contributed by atoms with Crippen LogP contribution in [-0.4, -0.2) is 57.8 Å².